The number of rotatable bonds is 27. The summed E-state index contributed by atoms with van der Waals surface area (Å²) in [5, 5.41) is 77.4. The molecular formula is C50H52N8O18S. The Kier molecular flexibility index (Phi) is 20.9. The summed E-state index contributed by atoms with van der Waals surface area (Å²) in [6.45, 7) is -0.819. The van der Waals surface area contributed by atoms with Gasteiger partial charge in [-0.05, 0) is 79.0 Å². The molecule has 0 aromatic heterocycles. The summed E-state index contributed by atoms with van der Waals surface area (Å²) in [4.78, 5) is 135. The molecule has 0 fully saturated rings. The summed E-state index contributed by atoms with van der Waals surface area (Å²) in [7, 11) is 0. The number of carbonyl (C=O) groups excluding carboxylic acids is 5. The number of urea groups is 1. The highest BCUT2D eigenvalue weighted by Gasteiger charge is 2.29. The number of thiocarbonyl (C=S) groups is 1. The number of nitrogens with one attached hydrogen (secondary N) is 8. The standard InChI is InChI=1S/C50H52N8O18S/c59-27-7-10-30-37(22-27)76-38-23-28(60)8-11-31(38)43(30)29-9-6-26(21-32(29)45(67)68)54-50(77)53-24-41(63)55-36(20-25-4-2-1-3-5-25)44(66)56-33(46(69)70)12-15-39(61)51-18-19-52-40(62)16-13-34(47(71)72)57-49(75)58-35(48(73)74)14-17-42(64)65/h1-11,21-23,33-36,59H,12-20,24H2,(H,51,61)(H,52,62)(H,55,63)(H,56,66)(H,64,65)(H,67,68)(H,69,70)(H,71,72)(H,73,74)(H2,53,54,77)(H2,57,58,75)/t33-,34+,35+,36?/m1/s1. The monoisotopic (exact) mass is 1080 g/mol. The average molecular weight is 1090 g/mol. The van der Waals surface area contributed by atoms with E-state index in [9.17, 15) is 78.3 Å². The highest BCUT2D eigenvalue weighted by atomic mass is 32.1. The van der Waals surface area contributed by atoms with Crippen molar-refractivity contribution in [3.05, 3.63) is 106 Å². The van der Waals surface area contributed by atoms with Crippen LogP contribution < -0.4 is 48.0 Å². The zero-order valence-corrected chi connectivity index (χ0v) is 41.3. The van der Waals surface area contributed by atoms with E-state index in [-0.39, 0.29) is 64.0 Å². The van der Waals surface area contributed by atoms with Crippen molar-refractivity contribution in [3.63, 3.8) is 0 Å². The van der Waals surface area contributed by atoms with Gasteiger partial charge in [-0.15, -0.1) is 0 Å². The normalized spacial score (nSPS) is 12.4. The van der Waals surface area contributed by atoms with E-state index in [0.29, 0.717) is 22.1 Å². The molecule has 0 saturated heterocycles. The fourth-order valence-electron chi connectivity index (χ4n) is 7.61. The number of amides is 6. The lowest BCUT2D eigenvalue weighted by Gasteiger charge is -2.22. The molecular weight excluding hydrogens is 1030 g/mol. The summed E-state index contributed by atoms with van der Waals surface area (Å²) >= 11 is 5.39. The molecule has 0 bridgehead atoms. The Bertz CT molecular complexity index is 3100. The number of fused-ring (bicyclic) bond motifs is 2. The molecule has 77 heavy (non-hydrogen) atoms. The smallest absolute Gasteiger partial charge is 0.336 e. The van der Waals surface area contributed by atoms with Crippen molar-refractivity contribution >= 4 is 93.5 Å². The van der Waals surface area contributed by atoms with Crippen LogP contribution in [0.1, 0.15) is 54.4 Å². The van der Waals surface area contributed by atoms with Gasteiger partial charge in [-0.2, -0.15) is 0 Å². The molecule has 0 radical (unpaired) electrons. The molecule has 2 aliphatic rings. The number of phenols is 1. The topological polar surface area (TPSA) is 419 Å². The summed E-state index contributed by atoms with van der Waals surface area (Å²) in [5.41, 5.74) is 1.54. The van der Waals surface area contributed by atoms with E-state index < -0.39 is 129 Å². The summed E-state index contributed by atoms with van der Waals surface area (Å²) in [6, 6.07) is 13.7. The lowest BCUT2D eigenvalue weighted by molar-refractivity contribution is -0.143. The maximum Gasteiger partial charge on any atom is 0.336 e. The number of carbonyl (C=O) groups is 10. The molecule has 406 valence electrons. The summed E-state index contributed by atoms with van der Waals surface area (Å²) in [5.74, 6) is -10.2. The van der Waals surface area contributed by atoms with E-state index >= 15 is 0 Å². The second-order valence-electron chi connectivity index (χ2n) is 17.0. The Labute approximate surface area is 440 Å². The molecule has 0 spiro atoms. The molecule has 3 aromatic carbocycles. The first-order valence-electron chi connectivity index (χ1n) is 23.3. The molecule has 1 unspecified atom stereocenters. The van der Waals surface area contributed by atoms with Crippen LogP contribution in [-0.2, 0) is 44.8 Å². The Balaban J connectivity index is 1.11. The third-order valence-corrected chi connectivity index (χ3v) is 11.6. The molecule has 3 aromatic rings. The van der Waals surface area contributed by atoms with E-state index in [2.05, 4.69) is 31.9 Å². The van der Waals surface area contributed by atoms with Gasteiger partial charge in [-0.25, -0.2) is 24.0 Å². The molecule has 14 N–H and O–H groups in total. The highest BCUT2D eigenvalue weighted by molar-refractivity contribution is 7.80. The number of phenolic OH excluding ortho intramolecular Hbond substituents is 1. The second kappa shape index (κ2) is 27.6. The van der Waals surface area contributed by atoms with Gasteiger partial charge in [0.2, 0.25) is 23.6 Å². The van der Waals surface area contributed by atoms with Crippen LogP contribution in [0.3, 0.4) is 0 Å². The van der Waals surface area contributed by atoms with Crippen molar-refractivity contribution in [3.8, 4) is 28.2 Å². The van der Waals surface area contributed by atoms with Crippen LogP contribution in [0, 0.1) is 0 Å². The van der Waals surface area contributed by atoms with Gasteiger partial charge < -0.3 is 77.6 Å². The molecule has 4 atom stereocenters. The zero-order chi connectivity index (χ0) is 56.3. The zero-order valence-electron chi connectivity index (χ0n) is 40.5. The van der Waals surface area contributed by atoms with Gasteiger partial charge in [0.05, 0.1) is 12.1 Å². The Morgan fingerprint density at radius 3 is 1.75 bits per heavy atom. The van der Waals surface area contributed by atoms with Crippen molar-refractivity contribution in [2.45, 2.75) is 69.1 Å². The molecule has 0 saturated carbocycles. The van der Waals surface area contributed by atoms with Gasteiger partial charge >= 0.3 is 35.9 Å². The van der Waals surface area contributed by atoms with Gasteiger partial charge in [0.15, 0.2) is 10.5 Å². The molecule has 5 rings (SSSR count). The Morgan fingerprint density at radius 1 is 0.584 bits per heavy atom. The lowest BCUT2D eigenvalue weighted by Crippen LogP contribution is -2.54. The fourth-order valence-corrected chi connectivity index (χ4v) is 7.80. The van der Waals surface area contributed by atoms with Crippen LogP contribution >= 0.6 is 12.2 Å². The first-order valence-corrected chi connectivity index (χ1v) is 23.8. The first kappa shape index (κ1) is 58.2. The van der Waals surface area contributed by atoms with Gasteiger partial charge in [0.25, 0.3) is 0 Å². The van der Waals surface area contributed by atoms with Gasteiger partial charge in [-0.1, -0.05) is 36.4 Å². The summed E-state index contributed by atoms with van der Waals surface area (Å²) < 4.78 is 5.88. The average Bonchev–Trinajstić information content (AvgIpc) is 3.43. The summed E-state index contributed by atoms with van der Waals surface area (Å²) in [6.07, 6.45) is -2.83. The Morgan fingerprint density at radius 2 is 1.17 bits per heavy atom. The number of aromatic carboxylic acids is 1. The number of anilines is 1. The largest absolute Gasteiger partial charge is 0.508 e. The maximum atomic E-state index is 13.6. The first-order chi connectivity index (χ1) is 36.6. The number of carboxylic acid groups (broad SMARTS) is 5. The van der Waals surface area contributed by atoms with E-state index in [1.807, 2.05) is 10.6 Å². The van der Waals surface area contributed by atoms with E-state index in [1.54, 1.807) is 36.4 Å². The van der Waals surface area contributed by atoms with Crippen molar-refractivity contribution in [1.82, 2.24) is 37.2 Å². The van der Waals surface area contributed by atoms with Gasteiger partial charge in [0, 0.05) is 73.1 Å². The van der Waals surface area contributed by atoms with Crippen LogP contribution in [0.5, 0.6) is 5.75 Å². The van der Waals surface area contributed by atoms with Crippen LogP contribution in [0.15, 0.2) is 94.1 Å². The van der Waals surface area contributed by atoms with Crippen molar-refractivity contribution in [2.24, 2.45) is 0 Å². The lowest BCUT2D eigenvalue weighted by atomic mass is 9.90. The maximum absolute atomic E-state index is 13.6. The third-order valence-electron chi connectivity index (χ3n) is 11.4. The predicted molar refractivity (Wildman–Crippen MR) is 275 cm³/mol. The number of aromatic hydroxyl groups is 1. The van der Waals surface area contributed by atoms with Crippen LogP contribution in [0.25, 0.3) is 33.4 Å². The van der Waals surface area contributed by atoms with E-state index in [1.165, 1.54) is 48.5 Å². The van der Waals surface area contributed by atoms with Crippen LogP contribution in [0.2, 0.25) is 0 Å². The molecule has 6 amide bonds. The SMILES string of the molecule is O=C(O)CC[C@H](NC(=O)N[C@@H](CCC(=O)NCCNC(=O)CC[C@@H](NC(=O)C(Cc1ccccc1)NC(=O)CNC(=S)Nc1ccc(-c2c3ccc(=O)cc-3oc3cc(O)ccc23)c(C(=O)O)c1)C(=O)O)C(=O)O)C(=O)O. The second-order valence-corrected chi connectivity index (χ2v) is 17.4. The number of hydrogen-bond donors (Lipinski definition) is 14. The number of benzene rings is 4. The van der Waals surface area contributed by atoms with Crippen LogP contribution in [-0.4, -0.2) is 139 Å². The Hall–Kier alpha value is -9.66. The predicted octanol–water partition coefficient (Wildman–Crippen LogP) is 1.42. The molecule has 1 heterocycles. The molecule has 1 aliphatic carbocycles. The van der Waals surface area contributed by atoms with Crippen LogP contribution in [0.4, 0.5) is 10.5 Å². The quantitative estimate of drug-likeness (QED) is 0.0201. The molecule has 27 heteroatoms. The molecule has 1 aliphatic heterocycles. The van der Waals surface area contributed by atoms with Crippen molar-refractivity contribution < 1.29 is 83.0 Å². The fraction of sp³-hybridized carbons (Fsp3) is 0.280. The van der Waals surface area contributed by atoms with Gasteiger partial charge in [-0.3, -0.25) is 28.8 Å². The minimum absolute atomic E-state index is 0.0878. The van der Waals surface area contributed by atoms with Crippen molar-refractivity contribution in [1.29, 1.82) is 0 Å². The van der Waals surface area contributed by atoms with Crippen molar-refractivity contribution in [2.75, 3.05) is 25.0 Å². The third kappa shape index (κ3) is 17.8. The van der Waals surface area contributed by atoms with Gasteiger partial charge in [0.1, 0.15) is 41.3 Å². The minimum atomic E-state index is -1.64. The minimum Gasteiger partial charge on any atom is -0.508 e. The van der Waals surface area contributed by atoms with E-state index in [4.69, 9.17) is 21.7 Å². The molecule has 26 nitrogen and oxygen atoms in total. The highest BCUT2D eigenvalue weighted by Crippen LogP contribution is 2.42. The number of aliphatic carboxylic acids is 4. The number of carboxylic acids is 5. The number of hydrogen-bond acceptors (Lipinski definition) is 14. The van der Waals surface area contributed by atoms with E-state index in [0.717, 1.165) is 0 Å².